The first-order valence-corrected chi connectivity index (χ1v) is 8.89. The summed E-state index contributed by atoms with van der Waals surface area (Å²) in [6.07, 6.45) is 2.34. The molecule has 0 saturated heterocycles. The summed E-state index contributed by atoms with van der Waals surface area (Å²) in [5.41, 5.74) is 1.57. The molecule has 0 aliphatic carbocycles. The number of hydrogen-bond donors (Lipinski definition) is 2. The molecule has 2 heterocycles. The highest BCUT2D eigenvalue weighted by Crippen LogP contribution is 2.24. The predicted octanol–water partition coefficient (Wildman–Crippen LogP) is 2.92. The van der Waals surface area contributed by atoms with E-state index in [9.17, 15) is 9.90 Å². The van der Waals surface area contributed by atoms with Gasteiger partial charge in [-0.3, -0.25) is 15.0 Å². The Morgan fingerprint density at radius 2 is 2.12 bits per heavy atom. The molecule has 0 saturated carbocycles. The minimum absolute atomic E-state index is 0.102. The molecule has 0 bridgehead atoms. The number of urea groups is 1. The second-order valence-corrected chi connectivity index (χ2v) is 7.41. The standard InChI is InChI=1S/C19H29N5O2/c1-6-15(13-25)24(12-14-9-7-8-10-20-14)18(26)21-17-11-16(19(2,3)4)22-23(17)5/h7-11,15,25H,6,12-13H2,1-5H3,(H,21,26). The van der Waals surface area contributed by atoms with Gasteiger partial charge in [0.25, 0.3) is 0 Å². The molecule has 2 rings (SSSR count). The number of anilines is 1. The highest BCUT2D eigenvalue weighted by Gasteiger charge is 2.25. The van der Waals surface area contributed by atoms with Crippen molar-refractivity contribution in [1.82, 2.24) is 19.7 Å². The Bertz CT molecular complexity index is 717. The Labute approximate surface area is 155 Å². The van der Waals surface area contributed by atoms with E-state index in [2.05, 4.69) is 36.2 Å². The van der Waals surface area contributed by atoms with Gasteiger partial charge in [0, 0.05) is 24.7 Å². The SMILES string of the molecule is CCC(CO)N(Cc1ccccn1)C(=O)Nc1cc(C(C)(C)C)nn1C. The van der Waals surface area contributed by atoms with Gasteiger partial charge in [-0.2, -0.15) is 5.10 Å². The van der Waals surface area contributed by atoms with Gasteiger partial charge in [0.2, 0.25) is 0 Å². The summed E-state index contributed by atoms with van der Waals surface area (Å²) in [5.74, 6) is 0.624. The smallest absolute Gasteiger partial charge is 0.323 e. The molecule has 0 aromatic carbocycles. The van der Waals surface area contributed by atoms with E-state index in [0.29, 0.717) is 18.8 Å². The number of aromatic nitrogens is 3. The summed E-state index contributed by atoms with van der Waals surface area (Å²) in [7, 11) is 1.80. The molecule has 7 heteroatoms. The van der Waals surface area contributed by atoms with Crippen molar-refractivity contribution >= 4 is 11.8 Å². The van der Waals surface area contributed by atoms with Crippen molar-refractivity contribution in [2.24, 2.45) is 7.05 Å². The summed E-state index contributed by atoms with van der Waals surface area (Å²) in [4.78, 5) is 18.8. The molecule has 0 aliphatic rings. The van der Waals surface area contributed by atoms with Crippen LogP contribution in [0.5, 0.6) is 0 Å². The Morgan fingerprint density at radius 3 is 2.62 bits per heavy atom. The lowest BCUT2D eigenvalue weighted by atomic mass is 9.92. The number of rotatable bonds is 6. The van der Waals surface area contributed by atoms with Gasteiger partial charge in [0.05, 0.1) is 30.6 Å². The number of carbonyl (C=O) groups is 1. The molecule has 0 aliphatic heterocycles. The molecule has 2 amide bonds. The van der Waals surface area contributed by atoms with Crippen LogP contribution in [0.4, 0.5) is 10.6 Å². The van der Waals surface area contributed by atoms with Crippen LogP contribution in [0.1, 0.15) is 45.5 Å². The van der Waals surface area contributed by atoms with Crippen LogP contribution in [0.15, 0.2) is 30.5 Å². The molecular formula is C19H29N5O2. The number of amides is 2. The quantitative estimate of drug-likeness (QED) is 0.831. The minimum Gasteiger partial charge on any atom is -0.394 e. The lowest BCUT2D eigenvalue weighted by molar-refractivity contribution is 0.133. The second kappa shape index (κ2) is 8.31. The predicted molar refractivity (Wildman–Crippen MR) is 102 cm³/mol. The molecule has 26 heavy (non-hydrogen) atoms. The van der Waals surface area contributed by atoms with Crippen molar-refractivity contribution in [2.75, 3.05) is 11.9 Å². The molecule has 2 aromatic heterocycles. The highest BCUT2D eigenvalue weighted by molar-refractivity contribution is 5.88. The minimum atomic E-state index is -0.285. The van der Waals surface area contributed by atoms with E-state index < -0.39 is 0 Å². The summed E-state index contributed by atoms with van der Waals surface area (Å²) in [6, 6.07) is 6.91. The number of aliphatic hydroxyl groups excluding tert-OH is 1. The van der Waals surface area contributed by atoms with Gasteiger partial charge in [0.15, 0.2) is 0 Å². The van der Waals surface area contributed by atoms with Crippen LogP contribution in [-0.2, 0) is 19.0 Å². The van der Waals surface area contributed by atoms with Gasteiger partial charge in [0.1, 0.15) is 5.82 Å². The molecule has 1 unspecified atom stereocenters. The fourth-order valence-electron chi connectivity index (χ4n) is 2.61. The van der Waals surface area contributed by atoms with Crippen molar-refractivity contribution < 1.29 is 9.90 Å². The normalized spacial score (nSPS) is 12.7. The van der Waals surface area contributed by atoms with Gasteiger partial charge < -0.3 is 10.0 Å². The van der Waals surface area contributed by atoms with Crippen LogP contribution in [-0.4, -0.2) is 43.5 Å². The molecule has 1 atom stereocenters. The second-order valence-electron chi connectivity index (χ2n) is 7.41. The Morgan fingerprint density at radius 1 is 1.38 bits per heavy atom. The van der Waals surface area contributed by atoms with Gasteiger partial charge in [-0.05, 0) is 18.6 Å². The Balaban J connectivity index is 2.22. The van der Waals surface area contributed by atoms with E-state index in [-0.39, 0.29) is 24.1 Å². The third kappa shape index (κ3) is 4.82. The molecule has 0 radical (unpaired) electrons. The van der Waals surface area contributed by atoms with E-state index in [0.717, 1.165) is 11.4 Å². The number of nitrogens with one attached hydrogen (secondary N) is 1. The van der Waals surface area contributed by atoms with Gasteiger partial charge in [-0.1, -0.05) is 33.8 Å². The largest absolute Gasteiger partial charge is 0.394 e. The Kier molecular flexibility index (Phi) is 6.37. The zero-order valence-electron chi connectivity index (χ0n) is 16.2. The van der Waals surface area contributed by atoms with Crippen molar-refractivity contribution in [2.45, 2.75) is 52.1 Å². The number of hydrogen-bond acceptors (Lipinski definition) is 4. The van der Waals surface area contributed by atoms with E-state index >= 15 is 0 Å². The third-order valence-electron chi connectivity index (χ3n) is 4.33. The molecule has 2 N–H and O–H groups in total. The number of aryl methyl sites for hydroxylation is 1. The molecule has 0 fully saturated rings. The first-order chi connectivity index (χ1) is 12.3. The fourth-order valence-corrected chi connectivity index (χ4v) is 2.61. The number of carbonyl (C=O) groups excluding carboxylic acids is 1. The summed E-state index contributed by atoms with van der Waals surface area (Å²) >= 11 is 0. The van der Waals surface area contributed by atoms with Crippen LogP contribution < -0.4 is 5.32 Å². The lowest BCUT2D eigenvalue weighted by Crippen LogP contribution is -2.44. The maximum Gasteiger partial charge on any atom is 0.323 e. The van der Waals surface area contributed by atoms with E-state index in [4.69, 9.17) is 0 Å². The fraction of sp³-hybridized carbons (Fsp3) is 0.526. The Hall–Kier alpha value is -2.41. The van der Waals surface area contributed by atoms with Crippen LogP contribution in [0.25, 0.3) is 0 Å². The van der Waals surface area contributed by atoms with Crippen LogP contribution in [0, 0.1) is 0 Å². The average molecular weight is 359 g/mol. The van der Waals surface area contributed by atoms with Gasteiger partial charge >= 0.3 is 6.03 Å². The van der Waals surface area contributed by atoms with Crippen molar-refractivity contribution in [1.29, 1.82) is 0 Å². The van der Waals surface area contributed by atoms with Gasteiger partial charge in [-0.25, -0.2) is 4.79 Å². The zero-order chi connectivity index (χ0) is 19.3. The molecule has 142 valence electrons. The monoisotopic (exact) mass is 359 g/mol. The zero-order valence-corrected chi connectivity index (χ0v) is 16.2. The maximum absolute atomic E-state index is 12.9. The van der Waals surface area contributed by atoms with Crippen molar-refractivity contribution in [3.63, 3.8) is 0 Å². The molecule has 7 nitrogen and oxygen atoms in total. The lowest BCUT2D eigenvalue weighted by Gasteiger charge is -2.29. The van der Waals surface area contributed by atoms with E-state index in [1.54, 1.807) is 22.8 Å². The van der Waals surface area contributed by atoms with E-state index in [1.807, 2.05) is 31.2 Å². The number of aliphatic hydroxyl groups is 1. The number of nitrogens with zero attached hydrogens (tertiary/aromatic N) is 4. The van der Waals surface area contributed by atoms with Crippen LogP contribution in [0.3, 0.4) is 0 Å². The first kappa shape index (κ1) is 19.9. The third-order valence-corrected chi connectivity index (χ3v) is 4.33. The van der Waals surface area contributed by atoms with Crippen molar-refractivity contribution in [3.05, 3.63) is 41.9 Å². The summed E-state index contributed by atoms with van der Waals surface area (Å²) in [5, 5.41) is 17.1. The summed E-state index contributed by atoms with van der Waals surface area (Å²) in [6.45, 7) is 8.40. The molecular weight excluding hydrogens is 330 g/mol. The molecule has 0 spiro atoms. The average Bonchev–Trinajstić information content (AvgIpc) is 2.97. The maximum atomic E-state index is 12.9. The van der Waals surface area contributed by atoms with Crippen LogP contribution in [0.2, 0.25) is 0 Å². The highest BCUT2D eigenvalue weighted by atomic mass is 16.3. The molecule has 2 aromatic rings. The first-order valence-electron chi connectivity index (χ1n) is 8.89. The van der Waals surface area contributed by atoms with Gasteiger partial charge in [-0.15, -0.1) is 0 Å². The van der Waals surface area contributed by atoms with Crippen molar-refractivity contribution in [3.8, 4) is 0 Å². The number of pyridine rings is 1. The topological polar surface area (TPSA) is 83.3 Å². The van der Waals surface area contributed by atoms with E-state index in [1.165, 1.54) is 0 Å². The van der Waals surface area contributed by atoms with Crippen LogP contribution >= 0.6 is 0 Å². The summed E-state index contributed by atoms with van der Waals surface area (Å²) < 4.78 is 1.66.